The van der Waals surface area contributed by atoms with Crippen molar-refractivity contribution in [2.24, 2.45) is 5.73 Å². The first-order chi connectivity index (χ1) is 9.74. The lowest BCUT2D eigenvalue weighted by Crippen LogP contribution is -2.58. The maximum absolute atomic E-state index is 6.19. The molecule has 0 aromatic carbocycles. The Morgan fingerprint density at radius 1 is 1.15 bits per heavy atom. The molecule has 3 aliphatic rings. The quantitative estimate of drug-likeness (QED) is 0.840. The number of hydrogen-bond acceptors (Lipinski definition) is 4. The third-order valence-corrected chi connectivity index (χ3v) is 5.65. The van der Waals surface area contributed by atoms with Crippen LogP contribution in [0.5, 0.6) is 0 Å². The monoisotopic (exact) mass is 282 g/mol. The minimum atomic E-state index is 0.0947. The van der Waals surface area contributed by atoms with Crippen LogP contribution in [0.25, 0.3) is 0 Å². The largest absolute Gasteiger partial charge is 0.381 e. The number of hydrogen-bond donors (Lipinski definition) is 1. The highest BCUT2D eigenvalue weighted by molar-refractivity contribution is 4.96. The van der Waals surface area contributed by atoms with E-state index in [-0.39, 0.29) is 5.60 Å². The van der Waals surface area contributed by atoms with Crippen LogP contribution in [0.3, 0.4) is 0 Å². The first-order valence-electron chi connectivity index (χ1n) is 8.43. The zero-order valence-electron chi connectivity index (χ0n) is 12.9. The number of likely N-dealkylation sites (tertiary alicyclic amines) is 1. The van der Waals surface area contributed by atoms with Crippen LogP contribution in [-0.2, 0) is 9.47 Å². The molecule has 3 rings (SSSR count). The minimum absolute atomic E-state index is 0.0947. The van der Waals surface area contributed by atoms with Crippen molar-refractivity contribution in [1.82, 2.24) is 4.90 Å². The molecule has 4 heteroatoms. The molecule has 3 atom stereocenters. The summed E-state index contributed by atoms with van der Waals surface area (Å²) < 4.78 is 11.7. The predicted octanol–water partition coefficient (Wildman–Crippen LogP) is 1.92. The summed E-state index contributed by atoms with van der Waals surface area (Å²) in [4.78, 5) is 2.74. The second-order valence-electron chi connectivity index (χ2n) is 6.91. The molecular weight excluding hydrogens is 252 g/mol. The standard InChI is InChI=1S/C16H30N2O2/c1-13-3-2-4-15(12-17)18(13)14-5-8-20-16(11-14)6-9-19-10-7-16/h13-15H,2-12,17H2,1H3. The maximum Gasteiger partial charge on any atom is 0.0741 e. The molecular formula is C16H30N2O2. The fraction of sp³-hybridized carbons (Fsp3) is 1.00. The molecule has 0 aromatic heterocycles. The average Bonchev–Trinajstić information content (AvgIpc) is 2.47. The van der Waals surface area contributed by atoms with Gasteiger partial charge in [-0.15, -0.1) is 0 Å². The van der Waals surface area contributed by atoms with Gasteiger partial charge in [0.2, 0.25) is 0 Å². The van der Waals surface area contributed by atoms with Crippen molar-refractivity contribution in [3.05, 3.63) is 0 Å². The maximum atomic E-state index is 6.19. The van der Waals surface area contributed by atoms with Gasteiger partial charge < -0.3 is 15.2 Å². The Labute approximate surface area is 123 Å². The van der Waals surface area contributed by atoms with Crippen LogP contribution in [0.2, 0.25) is 0 Å². The molecule has 4 nitrogen and oxygen atoms in total. The molecule has 20 heavy (non-hydrogen) atoms. The van der Waals surface area contributed by atoms with Gasteiger partial charge in [0.15, 0.2) is 0 Å². The van der Waals surface area contributed by atoms with Gasteiger partial charge in [-0.3, -0.25) is 4.90 Å². The highest BCUT2D eigenvalue weighted by Crippen LogP contribution is 2.38. The van der Waals surface area contributed by atoms with Gasteiger partial charge in [-0.1, -0.05) is 6.42 Å². The van der Waals surface area contributed by atoms with Crippen molar-refractivity contribution < 1.29 is 9.47 Å². The van der Waals surface area contributed by atoms with Crippen LogP contribution in [-0.4, -0.2) is 55.0 Å². The van der Waals surface area contributed by atoms with Crippen molar-refractivity contribution >= 4 is 0 Å². The molecule has 0 bridgehead atoms. The fourth-order valence-corrected chi connectivity index (χ4v) is 4.55. The van der Waals surface area contributed by atoms with E-state index in [1.165, 1.54) is 32.1 Å². The van der Waals surface area contributed by atoms with E-state index in [9.17, 15) is 0 Å². The highest BCUT2D eigenvalue weighted by atomic mass is 16.5. The van der Waals surface area contributed by atoms with Crippen molar-refractivity contribution in [3.63, 3.8) is 0 Å². The molecule has 116 valence electrons. The molecule has 0 amide bonds. The van der Waals surface area contributed by atoms with Crippen molar-refractivity contribution in [2.75, 3.05) is 26.4 Å². The third kappa shape index (κ3) is 2.89. The number of nitrogens with two attached hydrogens (primary N) is 1. The van der Waals surface area contributed by atoms with Gasteiger partial charge in [0, 0.05) is 44.5 Å². The number of nitrogens with zero attached hydrogens (tertiary/aromatic N) is 1. The Bertz CT molecular complexity index is 312. The van der Waals surface area contributed by atoms with Crippen molar-refractivity contribution in [1.29, 1.82) is 0 Å². The lowest BCUT2D eigenvalue weighted by molar-refractivity contribution is -0.159. The molecule has 0 aromatic rings. The van der Waals surface area contributed by atoms with Crippen LogP contribution >= 0.6 is 0 Å². The number of piperidine rings is 1. The van der Waals surface area contributed by atoms with Gasteiger partial charge >= 0.3 is 0 Å². The molecule has 0 aliphatic carbocycles. The Morgan fingerprint density at radius 3 is 2.70 bits per heavy atom. The van der Waals surface area contributed by atoms with Crippen LogP contribution in [0, 0.1) is 0 Å². The second-order valence-corrected chi connectivity index (χ2v) is 6.91. The lowest BCUT2D eigenvalue weighted by Gasteiger charge is -2.51. The van der Waals surface area contributed by atoms with Gasteiger partial charge in [-0.2, -0.15) is 0 Å². The van der Waals surface area contributed by atoms with E-state index in [4.69, 9.17) is 15.2 Å². The lowest BCUT2D eigenvalue weighted by atomic mass is 9.81. The first-order valence-corrected chi connectivity index (χ1v) is 8.43. The zero-order valence-corrected chi connectivity index (χ0v) is 12.9. The van der Waals surface area contributed by atoms with Crippen LogP contribution in [0.4, 0.5) is 0 Å². The number of rotatable bonds is 2. The highest BCUT2D eigenvalue weighted by Gasteiger charge is 2.43. The van der Waals surface area contributed by atoms with Gasteiger partial charge in [-0.25, -0.2) is 0 Å². The van der Waals surface area contributed by atoms with E-state index < -0.39 is 0 Å². The molecule has 3 unspecified atom stereocenters. The molecule has 3 heterocycles. The summed E-state index contributed by atoms with van der Waals surface area (Å²) in [5.41, 5.74) is 6.13. The summed E-state index contributed by atoms with van der Waals surface area (Å²) in [7, 11) is 0. The molecule has 1 spiro atoms. The summed E-state index contributed by atoms with van der Waals surface area (Å²) in [6.07, 6.45) is 8.42. The van der Waals surface area contributed by atoms with Crippen molar-refractivity contribution in [3.8, 4) is 0 Å². The topological polar surface area (TPSA) is 47.7 Å². The van der Waals surface area contributed by atoms with Gasteiger partial charge in [-0.05, 0) is 45.4 Å². The SMILES string of the molecule is CC1CCCC(CN)N1C1CCOC2(CCOCC2)C1. The predicted molar refractivity (Wildman–Crippen MR) is 79.8 cm³/mol. The molecule has 2 N–H and O–H groups in total. The normalized spacial score (nSPS) is 39.0. The van der Waals surface area contributed by atoms with E-state index in [2.05, 4.69) is 11.8 Å². The summed E-state index contributed by atoms with van der Waals surface area (Å²) in [5.74, 6) is 0. The molecule has 3 fully saturated rings. The Hall–Kier alpha value is -0.160. The second kappa shape index (κ2) is 6.30. The third-order valence-electron chi connectivity index (χ3n) is 5.65. The van der Waals surface area contributed by atoms with E-state index in [0.717, 1.165) is 39.2 Å². The molecule has 3 saturated heterocycles. The van der Waals surface area contributed by atoms with Crippen molar-refractivity contribution in [2.45, 2.75) is 75.6 Å². The first kappa shape index (κ1) is 14.8. The number of ether oxygens (including phenoxy) is 2. The molecule has 0 radical (unpaired) electrons. The van der Waals surface area contributed by atoms with Gasteiger partial charge in [0.1, 0.15) is 0 Å². The van der Waals surface area contributed by atoms with Gasteiger partial charge in [0.05, 0.1) is 5.60 Å². The van der Waals surface area contributed by atoms with Crippen LogP contribution < -0.4 is 5.73 Å². The summed E-state index contributed by atoms with van der Waals surface area (Å²) >= 11 is 0. The van der Waals surface area contributed by atoms with E-state index in [0.29, 0.717) is 18.1 Å². The van der Waals surface area contributed by atoms with E-state index in [1.807, 2.05) is 0 Å². The smallest absolute Gasteiger partial charge is 0.0741 e. The van der Waals surface area contributed by atoms with E-state index >= 15 is 0 Å². The summed E-state index contributed by atoms with van der Waals surface area (Å²) in [5, 5.41) is 0. The minimum Gasteiger partial charge on any atom is -0.381 e. The average molecular weight is 282 g/mol. The Balaban J connectivity index is 1.71. The summed E-state index contributed by atoms with van der Waals surface area (Å²) in [6.45, 7) is 5.82. The Morgan fingerprint density at radius 2 is 1.95 bits per heavy atom. The van der Waals surface area contributed by atoms with Gasteiger partial charge in [0.25, 0.3) is 0 Å². The summed E-state index contributed by atoms with van der Waals surface area (Å²) in [6, 6.07) is 1.92. The van der Waals surface area contributed by atoms with Crippen LogP contribution in [0.15, 0.2) is 0 Å². The molecule has 3 aliphatic heterocycles. The fourth-order valence-electron chi connectivity index (χ4n) is 4.55. The zero-order chi connectivity index (χ0) is 14.0. The molecule has 0 saturated carbocycles. The van der Waals surface area contributed by atoms with Crippen LogP contribution in [0.1, 0.15) is 51.9 Å². The van der Waals surface area contributed by atoms with E-state index in [1.54, 1.807) is 0 Å². The Kier molecular flexibility index (Phi) is 4.65.